The van der Waals surface area contributed by atoms with Crippen molar-refractivity contribution in [2.45, 2.75) is 0 Å². The van der Waals surface area contributed by atoms with E-state index in [1.165, 1.54) is 19.2 Å². The molecule has 0 bridgehead atoms. The van der Waals surface area contributed by atoms with Gasteiger partial charge in [-0.05, 0) is 0 Å². The van der Waals surface area contributed by atoms with Gasteiger partial charge in [-0.25, -0.2) is 9.78 Å². The monoisotopic (exact) mass is 287 g/mol. The smallest absolute Gasteiger partial charge is 0.356 e. The van der Waals surface area contributed by atoms with Gasteiger partial charge in [-0.1, -0.05) is 15.9 Å². The topological polar surface area (TPSA) is 65.5 Å². The number of esters is 1. The van der Waals surface area contributed by atoms with Crippen LogP contribution in [0.3, 0.4) is 0 Å². The first-order valence-electron chi connectivity index (χ1n) is 4.45. The van der Waals surface area contributed by atoms with Crippen molar-refractivity contribution in [2.24, 2.45) is 0 Å². The first-order chi connectivity index (χ1) is 7.71. The third kappa shape index (κ3) is 3.30. The predicted molar refractivity (Wildman–Crippen MR) is 60.3 cm³/mol. The molecule has 1 rings (SSSR count). The number of carbonyl (C=O) groups is 2. The summed E-state index contributed by atoms with van der Waals surface area (Å²) in [5.41, 5.74) is 0.184. The number of hydrogen-bond donors (Lipinski definition) is 0. The zero-order valence-electron chi connectivity index (χ0n) is 8.60. The Morgan fingerprint density at radius 3 is 2.88 bits per heavy atom. The molecule has 5 nitrogen and oxygen atoms in total. The largest absolute Gasteiger partial charge is 0.493 e. The van der Waals surface area contributed by atoms with E-state index < -0.39 is 5.97 Å². The van der Waals surface area contributed by atoms with Gasteiger partial charge >= 0.3 is 5.97 Å². The maximum absolute atomic E-state index is 11.2. The minimum absolute atomic E-state index is 0.0525. The summed E-state index contributed by atoms with van der Waals surface area (Å²) in [4.78, 5) is 25.7. The molecule has 0 aromatic carbocycles. The van der Waals surface area contributed by atoms with E-state index in [0.29, 0.717) is 24.0 Å². The molecule has 0 N–H and O–H groups in total. The van der Waals surface area contributed by atoms with E-state index in [0.717, 1.165) is 0 Å². The van der Waals surface area contributed by atoms with Gasteiger partial charge in [0.15, 0.2) is 12.0 Å². The van der Waals surface area contributed by atoms with E-state index in [1.807, 2.05) is 0 Å². The minimum atomic E-state index is -0.604. The molecule has 16 heavy (non-hydrogen) atoms. The van der Waals surface area contributed by atoms with Gasteiger partial charge in [-0.3, -0.25) is 4.79 Å². The molecule has 0 unspecified atom stereocenters. The van der Waals surface area contributed by atoms with Crippen LogP contribution in [0.4, 0.5) is 0 Å². The van der Waals surface area contributed by atoms with Gasteiger partial charge < -0.3 is 9.47 Å². The van der Waals surface area contributed by atoms with Crippen molar-refractivity contribution in [3.63, 3.8) is 0 Å². The van der Waals surface area contributed by atoms with Crippen molar-refractivity contribution in [2.75, 3.05) is 19.0 Å². The van der Waals surface area contributed by atoms with Crippen molar-refractivity contribution in [1.82, 2.24) is 4.98 Å². The second-order valence-electron chi connectivity index (χ2n) is 2.76. The maximum Gasteiger partial charge on any atom is 0.356 e. The molecule has 1 heterocycles. The molecule has 1 aromatic rings. The fourth-order valence-electron chi connectivity index (χ4n) is 1.04. The van der Waals surface area contributed by atoms with E-state index in [2.05, 4.69) is 25.7 Å². The summed E-state index contributed by atoms with van der Waals surface area (Å²) in [5.74, 6) is -0.190. The molecule has 0 fully saturated rings. The Kier molecular flexibility index (Phi) is 4.91. The number of hydrogen-bond acceptors (Lipinski definition) is 5. The first-order valence-corrected chi connectivity index (χ1v) is 5.57. The molecule has 0 aliphatic heterocycles. The molecule has 0 aliphatic carbocycles. The summed E-state index contributed by atoms with van der Waals surface area (Å²) in [6.45, 7) is 0.433. The zero-order valence-corrected chi connectivity index (χ0v) is 10.2. The highest BCUT2D eigenvalue weighted by molar-refractivity contribution is 9.09. The average molecular weight is 288 g/mol. The number of methoxy groups -OCH3 is 1. The van der Waals surface area contributed by atoms with Gasteiger partial charge in [0.25, 0.3) is 0 Å². The number of carbonyl (C=O) groups excluding carboxylic acids is 2. The Morgan fingerprint density at radius 1 is 1.56 bits per heavy atom. The quantitative estimate of drug-likeness (QED) is 0.466. The Bertz CT molecular complexity index is 394. The number of alkyl halides is 1. The lowest BCUT2D eigenvalue weighted by atomic mass is 10.3. The van der Waals surface area contributed by atoms with E-state index in [1.54, 1.807) is 0 Å². The number of aldehydes is 1. The van der Waals surface area contributed by atoms with Gasteiger partial charge in [0, 0.05) is 17.5 Å². The number of ether oxygens (including phenoxy) is 2. The molecule has 1 aromatic heterocycles. The highest BCUT2D eigenvalue weighted by atomic mass is 79.9. The Morgan fingerprint density at radius 2 is 2.31 bits per heavy atom. The van der Waals surface area contributed by atoms with Crippen LogP contribution in [0, 0.1) is 0 Å². The highest BCUT2D eigenvalue weighted by Gasteiger charge is 2.11. The fourth-order valence-corrected chi connectivity index (χ4v) is 1.20. The van der Waals surface area contributed by atoms with E-state index in [-0.39, 0.29) is 11.4 Å². The fraction of sp³-hybridized carbons (Fsp3) is 0.300. The van der Waals surface area contributed by atoms with Crippen molar-refractivity contribution in [3.05, 3.63) is 23.5 Å². The average Bonchev–Trinajstić information content (AvgIpc) is 2.34. The van der Waals surface area contributed by atoms with Crippen LogP contribution in [0.5, 0.6) is 5.75 Å². The molecule has 0 saturated heterocycles. The van der Waals surface area contributed by atoms with Gasteiger partial charge in [-0.15, -0.1) is 0 Å². The Hall–Kier alpha value is -1.43. The van der Waals surface area contributed by atoms with Crippen LogP contribution in [-0.2, 0) is 4.74 Å². The van der Waals surface area contributed by atoms with Gasteiger partial charge in [0.2, 0.25) is 0 Å². The number of nitrogens with zero attached hydrogens (tertiary/aromatic N) is 1. The van der Waals surface area contributed by atoms with Crippen LogP contribution < -0.4 is 4.74 Å². The lowest BCUT2D eigenvalue weighted by Crippen LogP contribution is -2.07. The van der Waals surface area contributed by atoms with E-state index >= 15 is 0 Å². The van der Waals surface area contributed by atoms with Crippen LogP contribution in [0.2, 0.25) is 0 Å². The van der Waals surface area contributed by atoms with Crippen molar-refractivity contribution in [3.8, 4) is 5.75 Å². The van der Waals surface area contributed by atoms with Gasteiger partial charge in [0.05, 0.1) is 13.7 Å². The normalized spacial score (nSPS) is 9.62. The van der Waals surface area contributed by atoms with E-state index in [4.69, 9.17) is 4.74 Å². The van der Waals surface area contributed by atoms with Gasteiger partial charge in [-0.2, -0.15) is 0 Å². The summed E-state index contributed by atoms with van der Waals surface area (Å²) < 4.78 is 9.79. The SMILES string of the molecule is COC(=O)c1cc(OCCBr)cc(C=O)n1. The van der Waals surface area contributed by atoms with Gasteiger partial charge in [0.1, 0.15) is 11.4 Å². The molecule has 0 aliphatic rings. The van der Waals surface area contributed by atoms with Crippen LogP contribution in [0.25, 0.3) is 0 Å². The summed E-state index contributed by atoms with van der Waals surface area (Å²) in [7, 11) is 1.25. The van der Waals surface area contributed by atoms with E-state index in [9.17, 15) is 9.59 Å². The second kappa shape index (κ2) is 6.22. The molecule has 6 heteroatoms. The van der Waals surface area contributed by atoms with Crippen LogP contribution in [0.15, 0.2) is 12.1 Å². The summed E-state index contributed by atoms with van der Waals surface area (Å²) in [6, 6.07) is 2.89. The standard InChI is InChI=1S/C10H10BrNO4/c1-15-10(14)9-5-8(16-3-2-11)4-7(6-13)12-9/h4-6H,2-3H2,1H3. The lowest BCUT2D eigenvalue weighted by molar-refractivity contribution is 0.0593. The number of pyridine rings is 1. The number of rotatable bonds is 5. The molecule has 0 amide bonds. The molecule has 0 radical (unpaired) electrons. The molecular weight excluding hydrogens is 278 g/mol. The minimum Gasteiger partial charge on any atom is -0.493 e. The summed E-state index contributed by atoms with van der Waals surface area (Å²) in [5, 5.41) is 0.652. The third-order valence-electron chi connectivity index (χ3n) is 1.68. The molecule has 0 saturated carbocycles. The third-order valence-corrected chi connectivity index (χ3v) is 2.00. The Balaban J connectivity index is 3.00. The molecule has 0 spiro atoms. The number of aromatic nitrogens is 1. The predicted octanol–water partition coefficient (Wildman–Crippen LogP) is 1.45. The lowest BCUT2D eigenvalue weighted by Gasteiger charge is -2.06. The highest BCUT2D eigenvalue weighted by Crippen LogP contribution is 2.14. The number of halogens is 1. The Labute approximate surface area is 101 Å². The van der Waals surface area contributed by atoms with Crippen molar-refractivity contribution < 1.29 is 19.1 Å². The van der Waals surface area contributed by atoms with Crippen molar-refractivity contribution >= 4 is 28.2 Å². The van der Waals surface area contributed by atoms with Crippen molar-refractivity contribution in [1.29, 1.82) is 0 Å². The first kappa shape index (κ1) is 12.6. The maximum atomic E-state index is 11.2. The molecule has 86 valence electrons. The van der Waals surface area contributed by atoms with Crippen LogP contribution >= 0.6 is 15.9 Å². The molecular formula is C10H10BrNO4. The second-order valence-corrected chi connectivity index (χ2v) is 3.55. The summed E-state index contributed by atoms with van der Waals surface area (Å²) in [6.07, 6.45) is 0.549. The van der Waals surface area contributed by atoms with Crippen LogP contribution in [-0.4, -0.2) is 36.3 Å². The van der Waals surface area contributed by atoms with Crippen LogP contribution in [0.1, 0.15) is 21.0 Å². The zero-order chi connectivity index (χ0) is 12.0. The summed E-state index contributed by atoms with van der Waals surface area (Å²) >= 11 is 3.20. The molecule has 0 atom stereocenters.